The van der Waals surface area contributed by atoms with Crippen molar-refractivity contribution in [2.75, 3.05) is 11.5 Å². The lowest BCUT2D eigenvalue weighted by atomic mass is 10.0. The van der Waals surface area contributed by atoms with Crippen molar-refractivity contribution in [3.63, 3.8) is 0 Å². The average Bonchev–Trinajstić information content (AvgIpc) is 3.16. The number of unbranched alkanes of at least 4 members (excludes halogenated alkanes) is 14. The molecule has 0 heterocycles. The summed E-state index contributed by atoms with van der Waals surface area (Å²) in [6.45, 7) is 4.48. The SMILES string of the molecule is CCCCCCCCCC(=O)OC(CCCCC(=O)CCCCC(CSC1CCCCC1)OC(=O)CCCCCCCCC)CSC1CCCCC1. The van der Waals surface area contributed by atoms with Crippen LogP contribution in [-0.2, 0) is 23.9 Å². The van der Waals surface area contributed by atoms with Gasteiger partial charge >= 0.3 is 11.9 Å². The van der Waals surface area contributed by atoms with Crippen molar-refractivity contribution in [2.45, 2.75) is 255 Å². The Morgan fingerprint density at radius 1 is 0.462 bits per heavy atom. The van der Waals surface area contributed by atoms with Crippen molar-refractivity contribution in [2.24, 2.45) is 0 Å². The molecule has 2 unspecified atom stereocenters. The zero-order valence-electron chi connectivity index (χ0n) is 34.1. The van der Waals surface area contributed by atoms with E-state index in [0.29, 0.717) is 42.0 Å². The summed E-state index contributed by atoms with van der Waals surface area (Å²) >= 11 is 4.03. The van der Waals surface area contributed by atoms with Gasteiger partial charge in [0.1, 0.15) is 18.0 Å². The fourth-order valence-electron chi connectivity index (χ4n) is 7.76. The van der Waals surface area contributed by atoms with E-state index in [1.165, 1.54) is 128 Å². The number of thioether (sulfide) groups is 2. The molecule has 0 radical (unpaired) electrons. The van der Waals surface area contributed by atoms with Crippen molar-refractivity contribution >= 4 is 41.2 Å². The molecule has 0 aliphatic heterocycles. The summed E-state index contributed by atoms with van der Waals surface area (Å²) in [5.74, 6) is 2.07. The van der Waals surface area contributed by atoms with Crippen molar-refractivity contribution in [1.82, 2.24) is 0 Å². The van der Waals surface area contributed by atoms with Gasteiger partial charge in [0.15, 0.2) is 0 Å². The molecule has 0 amide bonds. The van der Waals surface area contributed by atoms with E-state index in [1.807, 2.05) is 23.5 Å². The molecular weight excluding hydrogens is 685 g/mol. The number of hydrogen-bond acceptors (Lipinski definition) is 7. The van der Waals surface area contributed by atoms with Gasteiger partial charge in [-0.1, -0.05) is 129 Å². The Balaban J connectivity index is 1.67. The number of carbonyl (C=O) groups is 3. The van der Waals surface area contributed by atoms with Gasteiger partial charge < -0.3 is 9.47 Å². The highest BCUT2D eigenvalue weighted by molar-refractivity contribution is 8.00. The van der Waals surface area contributed by atoms with Crippen molar-refractivity contribution in [3.05, 3.63) is 0 Å². The summed E-state index contributed by atoms with van der Waals surface area (Å²) in [6.07, 6.45) is 37.6. The van der Waals surface area contributed by atoms with Crippen molar-refractivity contribution in [1.29, 1.82) is 0 Å². The highest BCUT2D eigenvalue weighted by atomic mass is 32.2. The van der Waals surface area contributed by atoms with Gasteiger partial charge in [0.05, 0.1) is 0 Å². The van der Waals surface area contributed by atoms with Gasteiger partial charge in [-0.3, -0.25) is 14.4 Å². The van der Waals surface area contributed by atoms with Crippen LogP contribution in [0.3, 0.4) is 0 Å². The van der Waals surface area contributed by atoms with Crippen LogP contribution in [0.2, 0.25) is 0 Å². The first-order valence-corrected chi connectivity index (χ1v) is 24.7. The van der Waals surface area contributed by atoms with E-state index in [-0.39, 0.29) is 24.1 Å². The van der Waals surface area contributed by atoms with E-state index >= 15 is 0 Å². The molecule has 0 saturated heterocycles. The third-order valence-electron chi connectivity index (χ3n) is 11.2. The second-order valence-corrected chi connectivity index (χ2v) is 18.8. The second kappa shape index (κ2) is 33.6. The lowest BCUT2D eigenvalue weighted by Crippen LogP contribution is -2.23. The Kier molecular flexibility index (Phi) is 30.7. The average molecular weight is 767 g/mol. The molecule has 2 aliphatic rings. The Hall–Kier alpha value is -0.690. The third kappa shape index (κ3) is 27.0. The summed E-state index contributed by atoms with van der Waals surface area (Å²) in [6, 6.07) is 0. The largest absolute Gasteiger partial charge is 0.461 e. The Bertz CT molecular complexity index is 802. The Labute approximate surface area is 330 Å². The molecule has 2 rings (SSSR count). The molecule has 0 aromatic carbocycles. The molecule has 0 spiro atoms. The lowest BCUT2D eigenvalue weighted by molar-refractivity contribution is -0.149. The summed E-state index contributed by atoms with van der Waals surface area (Å²) in [5, 5.41) is 1.41. The molecule has 0 aromatic rings. The quantitative estimate of drug-likeness (QED) is 0.0477. The number of hydrogen-bond donors (Lipinski definition) is 0. The molecule has 2 fully saturated rings. The maximum Gasteiger partial charge on any atom is 0.306 e. The van der Waals surface area contributed by atoms with Crippen LogP contribution in [0.15, 0.2) is 0 Å². The van der Waals surface area contributed by atoms with Gasteiger partial charge in [-0.05, 0) is 77.0 Å². The van der Waals surface area contributed by atoms with Gasteiger partial charge in [-0.15, -0.1) is 0 Å². The number of ketones is 1. The molecular formula is C45H82O5S2. The maximum atomic E-state index is 12.8. The second-order valence-electron chi connectivity index (χ2n) is 16.2. The van der Waals surface area contributed by atoms with Gasteiger partial charge in [-0.2, -0.15) is 23.5 Å². The fraction of sp³-hybridized carbons (Fsp3) is 0.933. The highest BCUT2D eigenvalue weighted by Crippen LogP contribution is 2.31. The predicted molar refractivity (Wildman–Crippen MR) is 226 cm³/mol. The van der Waals surface area contributed by atoms with Crippen molar-refractivity contribution in [3.8, 4) is 0 Å². The van der Waals surface area contributed by atoms with Gasteiger partial charge in [-0.25, -0.2) is 0 Å². The standard InChI is InChI=1S/C45H82O5S2/c1-3-5-7-9-11-13-21-35-44(47)49-40(37-51-42-31-17-15-18-32-42)29-25-23-27-39(46)28-24-26-30-41(38-52-43-33-19-16-20-34-43)50-45(48)36-22-14-12-10-8-6-4-2/h40-43H,3-38H2,1-2H3. The van der Waals surface area contributed by atoms with E-state index in [1.54, 1.807) is 0 Å². The maximum absolute atomic E-state index is 12.8. The van der Waals surface area contributed by atoms with Crippen LogP contribution >= 0.6 is 23.5 Å². The normalized spacial score (nSPS) is 16.8. The van der Waals surface area contributed by atoms with E-state index in [0.717, 1.165) is 75.7 Å². The molecule has 5 nitrogen and oxygen atoms in total. The number of ether oxygens (including phenoxy) is 2. The molecule has 0 aromatic heterocycles. The number of carbonyl (C=O) groups excluding carboxylic acids is 3. The molecule has 304 valence electrons. The topological polar surface area (TPSA) is 69.7 Å². The summed E-state index contributed by atoms with van der Waals surface area (Å²) in [4.78, 5) is 38.3. The number of Topliss-reactive ketones (excluding diaryl/α,β-unsaturated/α-hetero) is 1. The molecule has 52 heavy (non-hydrogen) atoms. The third-order valence-corrected chi connectivity index (χ3v) is 14.2. The number of esters is 2. The zero-order chi connectivity index (χ0) is 37.3. The van der Waals surface area contributed by atoms with Gasteiger partial charge in [0, 0.05) is 47.7 Å². The summed E-state index contributed by atoms with van der Waals surface area (Å²) in [5.41, 5.74) is 0. The summed E-state index contributed by atoms with van der Waals surface area (Å²) < 4.78 is 12.1. The molecule has 7 heteroatoms. The number of rotatable bonds is 34. The molecule has 0 N–H and O–H groups in total. The lowest BCUT2D eigenvalue weighted by Gasteiger charge is -2.24. The van der Waals surface area contributed by atoms with E-state index < -0.39 is 0 Å². The van der Waals surface area contributed by atoms with Crippen LogP contribution in [0.25, 0.3) is 0 Å². The predicted octanol–water partition coefficient (Wildman–Crippen LogP) is 13.9. The highest BCUT2D eigenvalue weighted by Gasteiger charge is 2.21. The first-order valence-electron chi connectivity index (χ1n) is 22.6. The molecule has 2 aliphatic carbocycles. The summed E-state index contributed by atoms with van der Waals surface area (Å²) in [7, 11) is 0. The van der Waals surface area contributed by atoms with Crippen LogP contribution in [0.4, 0.5) is 0 Å². The van der Waals surface area contributed by atoms with E-state index in [4.69, 9.17) is 9.47 Å². The first-order chi connectivity index (χ1) is 25.5. The Morgan fingerprint density at radius 3 is 1.19 bits per heavy atom. The van der Waals surface area contributed by atoms with Gasteiger partial charge in [0.2, 0.25) is 0 Å². The van der Waals surface area contributed by atoms with Crippen molar-refractivity contribution < 1.29 is 23.9 Å². The van der Waals surface area contributed by atoms with Crippen LogP contribution in [0.1, 0.15) is 232 Å². The van der Waals surface area contributed by atoms with Gasteiger partial charge in [0.25, 0.3) is 0 Å². The Morgan fingerprint density at radius 2 is 0.808 bits per heavy atom. The fourth-order valence-corrected chi connectivity index (χ4v) is 10.5. The van der Waals surface area contributed by atoms with Crippen LogP contribution in [0, 0.1) is 0 Å². The van der Waals surface area contributed by atoms with Crippen LogP contribution < -0.4 is 0 Å². The smallest absolute Gasteiger partial charge is 0.306 e. The minimum absolute atomic E-state index is 0.0298. The molecule has 2 saturated carbocycles. The monoisotopic (exact) mass is 767 g/mol. The molecule has 2 atom stereocenters. The first kappa shape index (κ1) is 47.5. The van der Waals surface area contributed by atoms with E-state index in [9.17, 15) is 14.4 Å². The molecule has 0 bridgehead atoms. The van der Waals surface area contributed by atoms with E-state index in [2.05, 4.69) is 13.8 Å². The zero-order valence-corrected chi connectivity index (χ0v) is 35.8. The van der Waals surface area contributed by atoms with Crippen LogP contribution in [-0.4, -0.2) is 51.9 Å². The minimum atomic E-state index is -0.0315. The minimum Gasteiger partial charge on any atom is -0.461 e. The van der Waals surface area contributed by atoms with Crippen LogP contribution in [0.5, 0.6) is 0 Å².